The Morgan fingerprint density at radius 1 is 1.25 bits per heavy atom. The molecule has 2 N–H and O–H groups in total. The van der Waals surface area contributed by atoms with Gasteiger partial charge in [-0.15, -0.1) is 0 Å². The Balaban J connectivity index is 0.000000182. The standard InChI is InChI=1S/C10H15NO2.C2HF3O2/c1-13-8(12)10-4-9(5-10,6-10)7-2-11-3-7;3-2(4,5)1(6)7/h7,11H,2-6H2,1H3;(H,6,7). The van der Waals surface area contributed by atoms with E-state index in [1.54, 1.807) is 0 Å². The van der Waals surface area contributed by atoms with Gasteiger partial charge in [0.1, 0.15) is 0 Å². The summed E-state index contributed by atoms with van der Waals surface area (Å²) in [7, 11) is 1.50. The Morgan fingerprint density at radius 2 is 1.70 bits per heavy atom. The molecule has 0 aromatic rings. The van der Waals surface area contributed by atoms with Gasteiger partial charge in [0.2, 0.25) is 0 Å². The van der Waals surface area contributed by atoms with E-state index in [0.29, 0.717) is 5.41 Å². The maximum Gasteiger partial charge on any atom is 0.490 e. The number of hydrogen-bond donors (Lipinski definition) is 2. The molecule has 1 saturated heterocycles. The number of hydrogen-bond acceptors (Lipinski definition) is 4. The summed E-state index contributed by atoms with van der Waals surface area (Å²) in [6.45, 7) is 2.33. The number of alkyl halides is 3. The van der Waals surface area contributed by atoms with Crippen LogP contribution in [0.3, 0.4) is 0 Å². The van der Waals surface area contributed by atoms with E-state index < -0.39 is 12.1 Å². The van der Waals surface area contributed by atoms with Crippen molar-refractivity contribution in [1.82, 2.24) is 5.32 Å². The predicted molar refractivity (Wildman–Crippen MR) is 60.8 cm³/mol. The maximum absolute atomic E-state index is 11.4. The van der Waals surface area contributed by atoms with E-state index in [4.69, 9.17) is 14.6 Å². The molecular weight excluding hydrogens is 279 g/mol. The Morgan fingerprint density at radius 3 is 1.95 bits per heavy atom. The van der Waals surface area contributed by atoms with Crippen LogP contribution in [0.15, 0.2) is 0 Å². The van der Waals surface area contributed by atoms with E-state index in [2.05, 4.69) is 5.32 Å². The maximum atomic E-state index is 11.4. The fraction of sp³-hybridized carbons (Fsp3) is 0.833. The third-order valence-corrected chi connectivity index (χ3v) is 4.58. The summed E-state index contributed by atoms with van der Waals surface area (Å²) in [4.78, 5) is 20.3. The lowest BCUT2D eigenvalue weighted by Gasteiger charge is -2.72. The number of carboxylic acids is 1. The lowest BCUT2D eigenvalue weighted by molar-refractivity contribution is -0.250. The molecule has 114 valence electrons. The minimum absolute atomic E-state index is 0.0293. The molecule has 4 rings (SSSR count). The van der Waals surface area contributed by atoms with Gasteiger partial charge in [-0.25, -0.2) is 4.79 Å². The Bertz CT molecular complexity index is 411. The number of aliphatic carboxylic acids is 1. The molecule has 0 spiro atoms. The van der Waals surface area contributed by atoms with E-state index in [1.807, 2.05) is 0 Å². The average Bonchev–Trinajstić information content (AvgIpc) is 2.16. The number of nitrogens with one attached hydrogen (secondary N) is 1. The molecule has 0 amide bonds. The van der Waals surface area contributed by atoms with Crippen molar-refractivity contribution in [3.8, 4) is 0 Å². The predicted octanol–water partition coefficient (Wildman–Crippen LogP) is 1.18. The molecule has 3 aliphatic carbocycles. The summed E-state index contributed by atoms with van der Waals surface area (Å²) in [5.74, 6) is -1.88. The summed E-state index contributed by atoms with van der Waals surface area (Å²) in [5.41, 5.74) is 0.504. The second-order valence-electron chi connectivity index (χ2n) is 5.82. The van der Waals surface area contributed by atoms with Gasteiger partial charge in [0.15, 0.2) is 0 Å². The van der Waals surface area contributed by atoms with Crippen LogP contribution in [0.2, 0.25) is 0 Å². The zero-order valence-corrected chi connectivity index (χ0v) is 10.9. The van der Waals surface area contributed by atoms with Crippen molar-refractivity contribution in [2.75, 3.05) is 20.2 Å². The average molecular weight is 295 g/mol. The number of ether oxygens (including phenoxy) is 1. The molecule has 0 radical (unpaired) electrons. The Labute approximate surface area is 113 Å². The Kier molecular flexibility index (Phi) is 3.48. The largest absolute Gasteiger partial charge is 0.490 e. The number of esters is 1. The molecule has 8 heteroatoms. The summed E-state index contributed by atoms with van der Waals surface area (Å²) >= 11 is 0. The molecule has 20 heavy (non-hydrogen) atoms. The highest BCUT2D eigenvalue weighted by Gasteiger charge is 2.74. The fourth-order valence-electron chi connectivity index (χ4n) is 3.45. The molecule has 1 aliphatic heterocycles. The van der Waals surface area contributed by atoms with Gasteiger partial charge in [-0.1, -0.05) is 0 Å². The molecule has 4 aliphatic rings. The van der Waals surface area contributed by atoms with E-state index in [-0.39, 0.29) is 11.4 Å². The number of carboxylic acid groups (broad SMARTS) is 1. The smallest absolute Gasteiger partial charge is 0.475 e. The van der Waals surface area contributed by atoms with Gasteiger partial charge >= 0.3 is 18.1 Å². The normalized spacial score (nSPS) is 34.6. The lowest BCUT2D eigenvalue weighted by atomic mass is 9.31. The number of rotatable bonds is 2. The van der Waals surface area contributed by atoms with Gasteiger partial charge in [0, 0.05) is 0 Å². The van der Waals surface area contributed by atoms with Crippen LogP contribution in [-0.4, -0.2) is 43.4 Å². The quantitative estimate of drug-likeness (QED) is 0.748. The highest BCUT2D eigenvalue weighted by molar-refractivity contribution is 5.81. The van der Waals surface area contributed by atoms with Crippen molar-refractivity contribution in [3.63, 3.8) is 0 Å². The molecule has 5 nitrogen and oxygen atoms in total. The minimum Gasteiger partial charge on any atom is -0.475 e. The number of methoxy groups -OCH3 is 1. The molecule has 0 unspecified atom stereocenters. The van der Waals surface area contributed by atoms with Crippen LogP contribution in [0.5, 0.6) is 0 Å². The van der Waals surface area contributed by atoms with Crippen molar-refractivity contribution >= 4 is 11.9 Å². The molecule has 3 saturated carbocycles. The monoisotopic (exact) mass is 295 g/mol. The summed E-state index contributed by atoms with van der Waals surface area (Å²) in [6.07, 6.45) is -1.79. The van der Waals surface area contributed by atoms with E-state index >= 15 is 0 Å². The number of carbonyl (C=O) groups is 2. The summed E-state index contributed by atoms with van der Waals surface area (Å²) < 4.78 is 36.6. The molecule has 0 aromatic heterocycles. The molecule has 4 fully saturated rings. The summed E-state index contributed by atoms with van der Waals surface area (Å²) in [5, 5.41) is 10.4. The van der Waals surface area contributed by atoms with Gasteiger partial charge in [-0.2, -0.15) is 13.2 Å². The number of carbonyl (C=O) groups excluding carboxylic acids is 1. The van der Waals surface area contributed by atoms with Crippen LogP contribution in [0.25, 0.3) is 0 Å². The third-order valence-electron chi connectivity index (χ3n) is 4.58. The van der Waals surface area contributed by atoms with Crippen LogP contribution in [0.4, 0.5) is 13.2 Å². The SMILES string of the molecule is COC(=O)C12CC(C3CNC3)(C1)C2.O=C(O)C(F)(F)F. The van der Waals surface area contributed by atoms with Gasteiger partial charge in [0.25, 0.3) is 0 Å². The van der Waals surface area contributed by atoms with Crippen molar-refractivity contribution in [2.24, 2.45) is 16.7 Å². The first-order chi connectivity index (χ1) is 9.15. The van der Waals surface area contributed by atoms with Crippen LogP contribution in [0, 0.1) is 16.7 Å². The highest BCUT2D eigenvalue weighted by atomic mass is 19.4. The third kappa shape index (κ3) is 2.25. The molecule has 1 heterocycles. The van der Waals surface area contributed by atoms with Crippen LogP contribution < -0.4 is 5.32 Å². The Hall–Kier alpha value is -1.31. The lowest BCUT2D eigenvalue weighted by Crippen LogP contribution is -2.72. The van der Waals surface area contributed by atoms with Gasteiger partial charge in [-0.3, -0.25) is 4.79 Å². The van der Waals surface area contributed by atoms with E-state index in [1.165, 1.54) is 7.11 Å². The molecule has 0 aromatic carbocycles. The first kappa shape index (κ1) is 15.1. The summed E-state index contributed by atoms with van der Waals surface area (Å²) in [6, 6.07) is 0. The van der Waals surface area contributed by atoms with Crippen molar-refractivity contribution in [2.45, 2.75) is 25.4 Å². The highest BCUT2D eigenvalue weighted by Crippen LogP contribution is 2.76. The molecule has 0 atom stereocenters. The number of halogens is 3. The van der Waals surface area contributed by atoms with Crippen LogP contribution >= 0.6 is 0 Å². The van der Waals surface area contributed by atoms with Gasteiger partial charge in [-0.05, 0) is 43.7 Å². The zero-order valence-electron chi connectivity index (χ0n) is 10.9. The second-order valence-corrected chi connectivity index (χ2v) is 5.82. The van der Waals surface area contributed by atoms with Crippen molar-refractivity contribution in [1.29, 1.82) is 0 Å². The van der Waals surface area contributed by atoms with E-state index in [0.717, 1.165) is 38.3 Å². The van der Waals surface area contributed by atoms with Gasteiger partial charge in [0.05, 0.1) is 12.5 Å². The van der Waals surface area contributed by atoms with Crippen LogP contribution in [-0.2, 0) is 14.3 Å². The molecule has 2 bridgehead atoms. The first-order valence-corrected chi connectivity index (χ1v) is 6.24. The van der Waals surface area contributed by atoms with Crippen molar-refractivity contribution < 1.29 is 32.6 Å². The topological polar surface area (TPSA) is 75.6 Å². The van der Waals surface area contributed by atoms with Crippen LogP contribution in [0.1, 0.15) is 19.3 Å². The first-order valence-electron chi connectivity index (χ1n) is 6.24. The zero-order chi connectivity index (χ0) is 15.2. The second kappa shape index (κ2) is 4.61. The molecular formula is C12H16F3NO4. The fourth-order valence-corrected chi connectivity index (χ4v) is 3.45. The van der Waals surface area contributed by atoms with E-state index in [9.17, 15) is 18.0 Å². The van der Waals surface area contributed by atoms with Crippen molar-refractivity contribution in [3.05, 3.63) is 0 Å². The minimum atomic E-state index is -5.08. The van der Waals surface area contributed by atoms with Gasteiger partial charge < -0.3 is 15.2 Å².